The molecule has 0 aromatic heterocycles. The molecule has 0 radical (unpaired) electrons. The van der Waals surface area contributed by atoms with E-state index in [4.69, 9.17) is 99.5 Å². The summed E-state index contributed by atoms with van der Waals surface area (Å²) >= 11 is 0. The molecule has 0 saturated carbocycles. The molecule has 56 atom stereocenters. The Labute approximate surface area is 843 Å². The van der Waals surface area contributed by atoms with Gasteiger partial charge in [-0.1, -0.05) is 0 Å². The predicted octanol–water partition coefficient (Wildman–Crippen LogP) is -24.8. The van der Waals surface area contributed by atoms with Crippen LogP contribution < -0.4 is 37.2 Å². The molecule has 0 aromatic rings. The van der Waals surface area contributed by atoms with E-state index in [-0.39, 0.29) is 0 Å². The highest BCUT2D eigenvalue weighted by atomic mass is 16.8. The molecule has 0 spiro atoms. The summed E-state index contributed by atoms with van der Waals surface area (Å²) in [5.74, 6) is -11.9. The van der Waals surface area contributed by atoms with Gasteiger partial charge in [-0.25, -0.2) is 4.79 Å². The number of aliphatic hydroxyl groups is 29. The summed E-state index contributed by atoms with van der Waals surface area (Å²) in [6, 6.07) is -13.4. The molecule has 858 valence electrons. The lowest BCUT2D eigenvalue weighted by molar-refractivity contribution is -0.405. The summed E-state index contributed by atoms with van der Waals surface area (Å²) in [6.07, 6.45) is -109. The Morgan fingerprint density at radius 2 is 0.564 bits per heavy atom. The van der Waals surface area contributed by atoms with Crippen molar-refractivity contribution in [3.8, 4) is 0 Å². The van der Waals surface area contributed by atoms with Crippen LogP contribution >= 0.6 is 0 Å². The molecule has 11 rings (SSSR count). The van der Waals surface area contributed by atoms with Crippen molar-refractivity contribution >= 4 is 47.3 Å². The van der Waals surface area contributed by atoms with E-state index in [0.717, 1.165) is 48.5 Å². The number of rotatable bonds is 41. The zero-order valence-electron chi connectivity index (χ0n) is 80.5. The number of carboxylic acids is 1. The van der Waals surface area contributed by atoms with Gasteiger partial charge in [0.2, 0.25) is 41.4 Å². The van der Waals surface area contributed by atoms with Crippen molar-refractivity contribution in [3.63, 3.8) is 0 Å². The second-order valence-corrected chi connectivity index (χ2v) is 37.5. The minimum absolute atomic E-state index is 0.813. The molecule has 11 heterocycles. The molecule has 37 N–H and O–H groups in total. The standard InChI is InChI=1S/C83H137N7O59/c1-20(99)84-39-27(106)8-83(82(127)128,149-68(39)46(108)28(107)9-91)131-19-38-50(112)59(121)61(123)78(140-38)144-65-33(14-96)137-77(45(58(65)120)90-26(7)105)148-71-62(124)67(143-74-42(87-23(4)102)54(116)48(110)30(11-93)134-74)35(16-98)138-81(71)146-69-52(114)37(139-79(63(69)125)145-66-34(15-97)136-76(44(57(66)119)89-25(6)104)142-64-32(13-95)132-72(126)40(56(64)118)85-21(2)100)18-130-80-70(147-75-43(88-24(5)103)55(117)49(111)31(12-94)135-75)60(122)51(113)36(141-80)17-129-73-41(86-22(3)101)53(115)47(109)29(10-92)133-73/h27-81,91-98,106-126H,8-19H2,1-7H3,(H,84,99)(H,85,100)(H,86,101)(H,87,102)(H,88,103)(H,89,104)(H,90,105)(H,127,128)/t27-,28+,29+,30+,31+,32+,33+,34+,35+,36+,37+,38+,39+,40+,41+,42+,43+,44+,45-,46+,47+,48+,49+,50-,51+,52+,53+,54+,55+,56+,57+,58+,59-,60-,61+,62-,63-,64+,65+,66+,67+,68+,69-,70-,71-,72+,73+,74-,75-,76-,77-,78-,79-,80-,81+,83+/m0/s1. The highest BCUT2D eigenvalue weighted by Crippen LogP contribution is 2.43. The molecule has 11 aliphatic rings. The normalized spacial score (nSPS) is 46.2. The highest BCUT2D eigenvalue weighted by molar-refractivity contribution is 5.77. The largest absolute Gasteiger partial charge is 0.477 e. The van der Waals surface area contributed by atoms with Crippen LogP contribution in [0.3, 0.4) is 0 Å². The predicted molar refractivity (Wildman–Crippen MR) is 461 cm³/mol. The Morgan fingerprint density at radius 3 is 0.973 bits per heavy atom. The summed E-state index contributed by atoms with van der Waals surface area (Å²) in [7, 11) is 0. The molecule has 11 saturated heterocycles. The first-order chi connectivity index (χ1) is 70.3. The maximum Gasteiger partial charge on any atom is 0.364 e. The van der Waals surface area contributed by atoms with Crippen LogP contribution in [0.2, 0.25) is 0 Å². The van der Waals surface area contributed by atoms with Gasteiger partial charge in [-0.05, 0) is 0 Å². The first-order valence-corrected chi connectivity index (χ1v) is 47.2. The van der Waals surface area contributed by atoms with Gasteiger partial charge in [0.1, 0.15) is 262 Å². The molecular formula is C83H137N7O59. The van der Waals surface area contributed by atoms with Gasteiger partial charge < -0.3 is 290 Å². The summed E-state index contributed by atoms with van der Waals surface area (Å²) in [6.45, 7) is -6.99. The van der Waals surface area contributed by atoms with Gasteiger partial charge in [-0.15, -0.1) is 0 Å². The topological polar surface area (TPSA) is 1020 Å². The van der Waals surface area contributed by atoms with Gasteiger partial charge in [-0.2, -0.15) is 0 Å². The number of hydrogen-bond donors (Lipinski definition) is 37. The molecule has 11 aliphatic heterocycles. The van der Waals surface area contributed by atoms with Crippen molar-refractivity contribution in [3.05, 3.63) is 0 Å². The molecule has 0 bridgehead atoms. The number of amides is 7. The molecule has 0 unspecified atom stereocenters. The third-order valence-electron chi connectivity index (χ3n) is 26.7. The van der Waals surface area contributed by atoms with Gasteiger partial charge in [0.15, 0.2) is 62.9 Å². The number of carboxylic acid groups (broad SMARTS) is 1. The fourth-order valence-corrected chi connectivity index (χ4v) is 19.1. The third-order valence-corrected chi connectivity index (χ3v) is 26.7. The number of hydrogen-bond acceptors (Lipinski definition) is 58. The second kappa shape index (κ2) is 53.7. The van der Waals surface area contributed by atoms with E-state index >= 15 is 0 Å². The van der Waals surface area contributed by atoms with Crippen molar-refractivity contribution in [2.45, 2.75) is 398 Å². The number of carbonyl (C=O) groups is 8. The third kappa shape index (κ3) is 28.1. The fourth-order valence-electron chi connectivity index (χ4n) is 19.1. The molecule has 149 heavy (non-hydrogen) atoms. The van der Waals surface area contributed by atoms with Crippen molar-refractivity contribution in [1.82, 2.24) is 37.2 Å². The van der Waals surface area contributed by atoms with Crippen molar-refractivity contribution < 1.29 is 291 Å². The van der Waals surface area contributed by atoms with Gasteiger partial charge in [-0.3, -0.25) is 33.6 Å². The lowest BCUT2D eigenvalue weighted by Crippen LogP contribution is -2.71. The van der Waals surface area contributed by atoms with E-state index in [1.54, 1.807) is 0 Å². The maximum absolute atomic E-state index is 13.6. The summed E-state index contributed by atoms with van der Waals surface area (Å²) in [5, 5.41) is 358. The van der Waals surface area contributed by atoms with Crippen LogP contribution in [0.5, 0.6) is 0 Å². The number of nitrogens with one attached hydrogen (secondary N) is 7. The van der Waals surface area contributed by atoms with Gasteiger partial charge >= 0.3 is 5.97 Å². The van der Waals surface area contributed by atoms with E-state index in [0.29, 0.717) is 0 Å². The number of carbonyl (C=O) groups excluding carboxylic acids is 7. The van der Waals surface area contributed by atoms with Gasteiger partial charge in [0.05, 0.1) is 84.8 Å². The lowest BCUT2D eigenvalue weighted by atomic mass is 9.88. The fraction of sp³-hybridized carbons (Fsp3) is 0.904. The smallest absolute Gasteiger partial charge is 0.364 e. The molecule has 66 heteroatoms. The van der Waals surface area contributed by atoms with Crippen LogP contribution in [0.4, 0.5) is 0 Å². The van der Waals surface area contributed by atoms with Crippen molar-refractivity contribution in [1.29, 1.82) is 0 Å². The summed E-state index contributed by atoms with van der Waals surface area (Å²) < 4.78 is 127. The SMILES string of the molecule is CC(=O)N[C@@H]1[C@H](O[C@@H]2[C@@H](O[C@@H]3[C@H](O)[C@H](O[C@H]4[C@H](O)[C@@H](NC(C)=O)[C@H](O[C@H]5[C@H](O)[C@@H](NC(C)=O)[C@H](O)O[C@@H]5CO)O[C@@H]4CO)O[C@H](CO[C@H]4O[C@H](CO[C@@H]5O[C@H](CO)[C@@H](O)[C@H](O)[C@H]5NC(C)=O)[C@@H](O)[C@H](O)[C@@H]4O[C@@H]4O[C@H](CO)[C@@H](O)[C@H](O)[C@H]4NC(C)=O)[C@H]3O)O[C@H](CO)[C@@H](O[C@@H]3O[C@H](CO)[C@@H](O)[C@H](O)[C@H]3NC(C)=O)[C@@H]2O)O[C@H](CO)[C@@H](O[C@@H]2O[C@H](CO[C@]3(C(=O)O)C[C@H](O)[C@@H](NC(C)=O)[C@H]([C@H](O)[C@H](O)CO)O3)[C@H](O)[C@H](O)[C@H]2O)[C@@H]1O. The minimum Gasteiger partial charge on any atom is -0.477 e. The van der Waals surface area contributed by atoms with Crippen LogP contribution in [0, 0.1) is 0 Å². The highest BCUT2D eigenvalue weighted by Gasteiger charge is 2.64. The van der Waals surface area contributed by atoms with Crippen molar-refractivity contribution in [2.24, 2.45) is 0 Å². The van der Waals surface area contributed by atoms with Crippen LogP contribution in [0.1, 0.15) is 54.9 Å². The van der Waals surface area contributed by atoms with E-state index in [1.165, 1.54) is 0 Å². The van der Waals surface area contributed by atoms with E-state index in [2.05, 4.69) is 37.2 Å². The second-order valence-electron chi connectivity index (χ2n) is 37.5. The van der Waals surface area contributed by atoms with Gasteiger partial charge in [0.25, 0.3) is 5.79 Å². The lowest BCUT2D eigenvalue weighted by Gasteiger charge is -2.52. The van der Waals surface area contributed by atoms with Crippen LogP contribution in [-0.2, 0) is 138 Å². The Bertz CT molecular complexity index is 4300. The Hall–Kier alpha value is -6.24. The average Bonchev–Trinajstić information content (AvgIpc) is 0.795. The average molecular weight is 2180 g/mol. The van der Waals surface area contributed by atoms with Crippen LogP contribution in [0.25, 0.3) is 0 Å². The number of aliphatic hydroxyl groups excluding tert-OH is 29. The minimum atomic E-state index is -3.17. The molecule has 0 aromatic carbocycles. The maximum atomic E-state index is 13.6. The summed E-state index contributed by atoms with van der Waals surface area (Å²) in [5.41, 5.74) is 0. The summed E-state index contributed by atoms with van der Waals surface area (Å²) in [4.78, 5) is 103. The van der Waals surface area contributed by atoms with Crippen molar-refractivity contribution in [2.75, 3.05) is 72.7 Å². The van der Waals surface area contributed by atoms with E-state index in [1.807, 2.05) is 0 Å². The molecule has 0 aliphatic carbocycles. The quantitative estimate of drug-likeness (QED) is 0.0270. The Morgan fingerprint density at radius 1 is 0.275 bits per heavy atom. The molecule has 7 amide bonds. The zero-order valence-corrected chi connectivity index (χ0v) is 80.5. The Balaban J connectivity index is 0.990. The number of ether oxygens (including phenoxy) is 21. The Kier molecular flexibility index (Phi) is 44.3. The van der Waals surface area contributed by atoms with E-state index < -0.39 is 469 Å². The van der Waals surface area contributed by atoms with Gasteiger partial charge in [0, 0.05) is 54.9 Å². The molecule has 11 fully saturated rings. The zero-order chi connectivity index (χ0) is 110. The van der Waals surface area contributed by atoms with Crippen LogP contribution in [-0.4, -0.2) is 616 Å². The monoisotopic (exact) mass is 2180 g/mol. The first kappa shape index (κ1) is 123. The first-order valence-electron chi connectivity index (χ1n) is 47.2. The molecular weight excluding hydrogens is 2040 g/mol. The number of aliphatic carboxylic acids is 1. The van der Waals surface area contributed by atoms with E-state index in [9.17, 15) is 192 Å². The van der Waals surface area contributed by atoms with Crippen LogP contribution in [0.15, 0.2) is 0 Å². The molecule has 66 nitrogen and oxygen atoms in total.